The highest BCUT2D eigenvalue weighted by atomic mass is 35.5. The molecule has 2 saturated carbocycles. The maximum Gasteiger partial charge on any atom is 0.223 e. The predicted octanol–water partition coefficient (Wildman–Crippen LogP) is 1.06. The normalized spacial score (nSPS) is 35.2. The topological polar surface area (TPSA) is 75.4 Å². The SMILES string of the molecule is Cl.NC[C@H]1CCC[C@H]1C(=O)NCC1CCCC1O. The van der Waals surface area contributed by atoms with Gasteiger partial charge in [-0.15, -0.1) is 12.4 Å². The molecule has 0 aromatic rings. The van der Waals surface area contributed by atoms with E-state index in [-0.39, 0.29) is 36.3 Å². The molecule has 0 spiro atoms. The van der Waals surface area contributed by atoms with Gasteiger partial charge in [-0.1, -0.05) is 12.8 Å². The number of rotatable bonds is 4. The first kappa shape index (κ1) is 15.7. The zero-order valence-electron chi connectivity index (χ0n) is 10.8. The highest BCUT2D eigenvalue weighted by Crippen LogP contribution is 2.31. The van der Waals surface area contributed by atoms with Gasteiger partial charge in [0.05, 0.1) is 6.10 Å². The molecule has 0 radical (unpaired) electrons. The Morgan fingerprint density at radius 1 is 1.17 bits per heavy atom. The first-order chi connectivity index (χ1) is 8.22. The average molecular weight is 277 g/mol. The molecule has 4 atom stereocenters. The fourth-order valence-corrected chi connectivity index (χ4v) is 3.28. The summed E-state index contributed by atoms with van der Waals surface area (Å²) in [6, 6.07) is 0. The smallest absolute Gasteiger partial charge is 0.223 e. The van der Waals surface area contributed by atoms with Crippen molar-refractivity contribution in [1.82, 2.24) is 5.32 Å². The van der Waals surface area contributed by atoms with Gasteiger partial charge in [0.15, 0.2) is 0 Å². The van der Waals surface area contributed by atoms with Crippen LogP contribution in [0, 0.1) is 17.8 Å². The molecular formula is C13H25ClN2O2. The summed E-state index contributed by atoms with van der Waals surface area (Å²) in [5, 5.41) is 12.7. The molecule has 2 aliphatic rings. The van der Waals surface area contributed by atoms with E-state index in [9.17, 15) is 9.90 Å². The molecule has 0 saturated heterocycles. The molecule has 5 heteroatoms. The molecule has 2 aliphatic carbocycles. The highest BCUT2D eigenvalue weighted by Gasteiger charge is 2.33. The van der Waals surface area contributed by atoms with Crippen molar-refractivity contribution in [2.24, 2.45) is 23.5 Å². The van der Waals surface area contributed by atoms with Gasteiger partial charge in [0.2, 0.25) is 5.91 Å². The first-order valence-corrected chi connectivity index (χ1v) is 6.88. The largest absolute Gasteiger partial charge is 0.393 e. The Bertz CT molecular complexity index is 276. The Morgan fingerprint density at radius 3 is 2.44 bits per heavy atom. The minimum Gasteiger partial charge on any atom is -0.393 e. The number of halogens is 1. The molecule has 1 amide bonds. The molecule has 18 heavy (non-hydrogen) atoms. The van der Waals surface area contributed by atoms with Crippen molar-refractivity contribution in [2.75, 3.05) is 13.1 Å². The van der Waals surface area contributed by atoms with Gasteiger partial charge in [0, 0.05) is 18.4 Å². The third-order valence-corrected chi connectivity index (χ3v) is 4.46. The summed E-state index contributed by atoms with van der Waals surface area (Å²) in [6.45, 7) is 1.25. The molecule has 106 valence electrons. The number of amides is 1. The molecule has 0 heterocycles. The van der Waals surface area contributed by atoms with Crippen LogP contribution in [-0.4, -0.2) is 30.2 Å². The fourth-order valence-electron chi connectivity index (χ4n) is 3.28. The number of aliphatic hydroxyl groups is 1. The fraction of sp³-hybridized carbons (Fsp3) is 0.923. The summed E-state index contributed by atoms with van der Waals surface area (Å²) in [5.74, 6) is 0.885. The Hall–Kier alpha value is -0.320. The Morgan fingerprint density at radius 2 is 1.83 bits per heavy atom. The van der Waals surface area contributed by atoms with Gasteiger partial charge in [-0.25, -0.2) is 0 Å². The predicted molar refractivity (Wildman–Crippen MR) is 73.5 cm³/mol. The van der Waals surface area contributed by atoms with Gasteiger partial charge in [-0.2, -0.15) is 0 Å². The zero-order valence-corrected chi connectivity index (χ0v) is 11.6. The molecule has 2 fully saturated rings. The second-order valence-corrected chi connectivity index (χ2v) is 5.54. The lowest BCUT2D eigenvalue weighted by Crippen LogP contribution is -2.38. The molecule has 2 rings (SSSR count). The van der Waals surface area contributed by atoms with Crippen LogP contribution >= 0.6 is 12.4 Å². The maximum atomic E-state index is 12.0. The number of carbonyl (C=O) groups excluding carboxylic acids is 1. The standard InChI is InChI=1S/C13H24N2O2.ClH/c14-7-9-3-1-5-11(9)13(17)15-8-10-4-2-6-12(10)16;/h9-12,16H,1-8,14H2,(H,15,17);1H/t9-,10?,11-,12?;/m1./s1. The molecular weight excluding hydrogens is 252 g/mol. The van der Waals surface area contributed by atoms with Crippen molar-refractivity contribution in [3.05, 3.63) is 0 Å². The summed E-state index contributed by atoms with van der Waals surface area (Å²) >= 11 is 0. The van der Waals surface area contributed by atoms with Crippen LogP contribution < -0.4 is 11.1 Å². The Labute approximate surface area is 115 Å². The third-order valence-electron chi connectivity index (χ3n) is 4.46. The van der Waals surface area contributed by atoms with Gasteiger partial charge in [0.1, 0.15) is 0 Å². The lowest BCUT2D eigenvalue weighted by Gasteiger charge is -2.20. The monoisotopic (exact) mass is 276 g/mol. The van der Waals surface area contributed by atoms with Crippen molar-refractivity contribution >= 4 is 18.3 Å². The van der Waals surface area contributed by atoms with E-state index >= 15 is 0 Å². The van der Waals surface area contributed by atoms with E-state index in [1.165, 1.54) is 0 Å². The average Bonchev–Trinajstić information content (AvgIpc) is 2.94. The summed E-state index contributed by atoms with van der Waals surface area (Å²) in [6.07, 6.45) is 5.95. The first-order valence-electron chi connectivity index (χ1n) is 6.88. The van der Waals surface area contributed by atoms with Crippen LogP contribution in [0.15, 0.2) is 0 Å². The summed E-state index contributed by atoms with van der Waals surface area (Å²) in [7, 11) is 0. The van der Waals surface area contributed by atoms with E-state index in [1.54, 1.807) is 0 Å². The van der Waals surface area contributed by atoms with Gasteiger partial charge in [-0.3, -0.25) is 4.79 Å². The van der Waals surface area contributed by atoms with Crippen LogP contribution in [0.1, 0.15) is 38.5 Å². The summed E-state index contributed by atoms with van der Waals surface area (Å²) in [4.78, 5) is 12.0. The molecule has 0 aromatic heterocycles. The van der Waals surface area contributed by atoms with Gasteiger partial charge in [-0.05, 0) is 38.1 Å². The zero-order chi connectivity index (χ0) is 12.3. The minimum absolute atomic E-state index is 0. The molecule has 4 N–H and O–H groups in total. The van der Waals surface area contributed by atoms with E-state index < -0.39 is 0 Å². The molecule has 0 aromatic carbocycles. The van der Waals surface area contributed by atoms with Gasteiger partial charge in [0.25, 0.3) is 0 Å². The van der Waals surface area contributed by atoms with Crippen LogP contribution in [0.5, 0.6) is 0 Å². The van der Waals surface area contributed by atoms with Crippen LogP contribution in [0.3, 0.4) is 0 Å². The molecule has 0 aliphatic heterocycles. The third kappa shape index (κ3) is 3.59. The van der Waals surface area contributed by atoms with E-state index in [1.807, 2.05) is 0 Å². The summed E-state index contributed by atoms with van der Waals surface area (Å²) in [5.41, 5.74) is 5.68. The number of carbonyl (C=O) groups is 1. The van der Waals surface area contributed by atoms with E-state index in [0.29, 0.717) is 19.0 Å². The Balaban J connectivity index is 0.00000162. The minimum atomic E-state index is -0.218. The van der Waals surface area contributed by atoms with E-state index in [4.69, 9.17) is 5.73 Å². The van der Waals surface area contributed by atoms with Crippen LogP contribution in [0.25, 0.3) is 0 Å². The number of nitrogens with two attached hydrogens (primary N) is 1. The number of aliphatic hydroxyl groups excluding tert-OH is 1. The van der Waals surface area contributed by atoms with Crippen LogP contribution in [0.4, 0.5) is 0 Å². The highest BCUT2D eigenvalue weighted by molar-refractivity contribution is 5.85. The molecule has 4 nitrogen and oxygen atoms in total. The second-order valence-electron chi connectivity index (χ2n) is 5.54. The maximum absolute atomic E-state index is 12.0. The second kappa shape index (κ2) is 7.31. The lowest BCUT2D eigenvalue weighted by atomic mass is 9.95. The number of nitrogens with one attached hydrogen (secondary N) is 1. The lowest BCUT2D eigenvalue weighted by molar-refractivity contribution is -0.126. The van der Waals surface area contributed by atoms with Crippen molar-refractivity contribution in [1.29, 1.82) is 0 Å². The van der Waals surface area contributed by atoms with Gasteiger partial charge >= 0.3 is 0 Å². The number of hydrogen-bond donors (Lipinski definition) is 3. The quantitative estimate of drug-likeness (QED) is 0.719. The summed E-state index contributed by atoms with van der Waals surface area (Å²) < 4.78 is 0. The van der Waals surface area contributed by atoms with Crippen LogP contribution in [-0.2, 0) is 4.79 Å². The van der Waals surface area contributed by atoms with Crippen molar-refractivity contribution < 1.29 is 9.90 Å². The molecule has 2 unspecified atom stereocenters. The number of hydrogen-bond acceptors (Lipinski definition) is 3. The Kier molecular flexibility index (Phi) is 6.39. The van der Waals surface area contributed by atoms with Gasteiger partial charge < -0.3 is 16.2 Å². The van der Waals surface area contributed by atoms with E-state index in [2.05, 4.69) is 5.32 Å². The van der Waals surface area contributed by atoms with E-state index in [0.717, 1.165) is 38.5 Å². The van der Waals surface area contributed by atoms with Crippen molar-refractivity contribution in [2.45, 2.75) is 44.6 Å². The van der Waals surface area contributed by atoms with Crippen molar-refractivity contribution in [3.63, 3.8) is 0 Å². The van der Waals surface area contributed by atoms with Crippen LogP contribution in [0.2, 0.25) is 0 Å². The molecule has 0 bridgehead atoms. The van der Waals surface area contributed by atoms with Crippen molar-refractivity contribution in [3.8, 4) is 0 Å².